The van der Waals surface area contributed by atoms with Crippen LogP contribution in [-0.2, 0) is 4.79 Å². The molecule has 1 aromatic rings. The van der Waals surface area contributed by atoms with Gasteiger partial charge < -0.3 is 20.7 Å². The maximum absolute atomic E-state index is 12.0. The molecule has 0 radical (unpaired) electrons. The molecule has 1 aromatic carbocycles. The fourth-order valence-electron chi connectivity index (χ4n) is 1.99. The standard InChI is InChI=1S/C14H19N3O3/c1-3-15-9(2)7-16-14(19)10-4-5-12-11(6-10)17-13(18)8-20-12/h4-6,9,15H,3,7-8H2,1-2H3,(H,16,19)(H,17,18)/t9-/m1/s1. The maximum Gasteiger partial charge on any atom is 0.262 e. The molecule has 1 aliphatic heterocycles. The lowest BCUT2D eigenvalue weighted by Crippen LogP contribution is -2.38. The Morgan fingerprint density at radius 1 is 1.50 bits per heavy atom. The second-order valence-electron chi connectivity index (χ2n) is 4.72. The van der Waals surface area contributed by atoms with Crippen LogP contribution in [0.5, 0.6) is 5.75 Å². The van der Waals surface area contributed by atoms with Crippen LogP contribution in [0.4, 0.5) is 5.69 Å². The predicted octanol–water partition coefficient (Wildman–Crippen LogP) is 0.745. The summed E-state index contributed by atoms with van der Waals surface area (Å²) in [6, 6.07) is 5.21. The summed E-state index contributed by atoms with van der Waals surface area (Å²) >= 11 is 0. The number of ether oxygens (including phenoxy) is 1. The van der Waals surface area contributed by atoms with E-state index in [1.165, 1.54) is 0 Å². The van der Waals surface area contributed by atoms with Gasteiger partial charge in [-0.3, -0.25) is 9.59 Å². The first-order valence-electron chi connectivity index (χ1n) is 6.68. The number of likely N-dealkylation sites (N-methyl/N-ethyl adjacent to an activating group) is 1. The Balaban J connectivity index is 2.00. The van der Waals surface area contributed by atoms with E-state index in [0.29, 0.717) is 23.5 Å². The van der Waals surface area contributed by atoms with Crippen LogP contribution in [0.1, 0.15) is 24.2 Å². The minimum Gasteiger partial charge on any atom is -0.482 e. The fourth-order valence-corrected chi connectivity index (χ4v) is 1.99. The number of fused-ring (bicyclic) bond motifs is 1. The van der Waals surface area contributed by atoms with E-state index in [4.69, 9.17) is 4.74 Å². The molecule has 6 heteroatoms. The van der Waals surface area contributed by atoms with Gasteiger partial charge in [0.25, 0.3) is 11.8 Å². The number of carbonyl (C=O) groups excluding carboxylic acids is 2. The molecule has 2 amide bonds. The van der Waals surface area contributed by atoms with E-state index in [1.807, 2.05) is 13.8 Å². The summed E-state index contributed by atoms with van der Waals surface area (Å²) in [6.07, 6.45) is 0. The SMILES string of the molecule is CCN[C@H](C)CNC(=O)c1ccc2c(c1)NC(=O)CO2. The van der Waals surface area contributed by atoms with Crippen LogP contribution in [0.3, 0.4) is 0 Å². The molecular formula is C14H19N3O3. The van der Waals surface area contributed by atoms with Gasteiger partial charge in [-0.1, -0.05) is 6.92 Å². The molecule has 3 N–H and O–H groups in total. The second kappa shape index (κ2) is 6.38. The first-order chi connectivity index (χ1) is 9.60. The first kappa shape index (κ1) is 14.3. The smallest absolute Gasteiger partial charge is 0.262 e. The molecule has 108 valence electrons. The van der Waals surface area contributed by atoms with Crippen LogP contribution in [0.2, 0.25) is 0 Å². The Labute approximate surface area is 117 Å². The molecule has 0 aliphatic carbocycles. The van der Waals surface area contributed by atoms with E-state index >= 15 is 0 Å². The van der Waals surface area contributed by atoms with Gasteiger partial charge in [0.15, 0.2) is 6.61 Å². The van der Waals surface area contributed by atoms with Crippen LogP contribution < -0.4 is 20.7 Å². The summed E-state index contributed by atoms with van der Waals surface area (Å²) in [7, 11) is 0. The zero-order valence-electron chi connectivity index (χ0n) is 11.7. The number of benzene rings is 1. The Hall–Kier alpha value is -2.08. The van der Waals surface area contributed by atoms with Crippen molar-refractivity contribution in [2.24, 2.45) is 0 Å². The average Bonchev–Trinajstić information content (AvgIpc) is 2.44. The quantitative estimate of drug-likeness (QED) is 0.742. The molecule has 20 heavy (non-hydrogen) atoms. The van der Waals surface area contributed by atoms with Gasteiger partial charge in [0, 0.05) is 18.2 Å². The van der Waals surface area contributed by atoms with E-state index in [1.54, 1.807) is 18.2 Å². The fraction of sp³-hybridized carbons (Fsp3) is 0.429. The van der Waals surface area contributed by atoms with E-state index in [-0.39, 0.29) is 24.5 Å². The Morgan fingerprint density at radius 3 is 3.05 bits per heavy atom. The minimum absolute atomic E-state index is 0.0126. The molecule has 0 fully saturated rings. The number of carbonyl (C=O) groups is 2. The van der Waals surface area contributed by atoms with Gasteiger partial charge in [0.05, 0.1) is 5.69 Å². The molecule has 0 spiro atoms. The van der Waals surface area contributed by atoms with Crippen LogP contribution in [-0.4, -0.2) is 37.6 Å². The van der Waals surface area contributed by atoms with E-state index < -0.39 is 0 Å². The van der Waals surface area contributed by atoms with Crippen LogP contribution >= 0.6 is 0 Å². The van der Waals surface area contributed by atoms with Gasteiger partial charge >= 0.3 is 0 Å². The molecular weight excluding hydrogens is 258 g/mol. The summed E-state index contributed by atoms with van der Waals surface area (Å²) in [6.45, 7) is 5.44. The van der Waals surface area contributed by atoms with Crippen molar-refractivity contribution in [1.29, 1.82) is 0 Å². The van der Waals surface area contributed by atoms with Crippen molar-refractivity contribution in [2.45, 2.75) is 19.9 Å². The summed E-state index contributed by atoms with van der Waals surface area (Å²) in [4.78, 5) is 23.3. The molecule has 0 saturated heterocycles. The molecule has 0 bridgehead atoms. The second-order valence-corrected chi connectivity index (χ2v) is 4.72. The number of amides is 2. The zero-order chi connectivity index (χ0) is 14.5. The molecule has 6 nitrogen and oxygen atoms in total. The lowest BCUT2D eigenvalue weighted by atomic mass is 10.1. The largest absolute Gasteiger partial charge is 0.482 e. The topological polar surface area (TPSA) is 79.5 Å². The van der Waals surface area contributed by atoms with Crippen LogP contribution in [0, 0.1) is 0 Å². The summed E-state index contributed by atoms with van der Waals surface area (Å²) in [5, 5.41) is 8.75. The molecule has 0 unspecified atom stereocenters. The first-order valence-corrected chi connectivity index (χ1v) is 6.68. The third-order valence-corrected chi connectivity index (χ3v) is 3.00. The van der Waals surface area contributed by atoms with Crippen LogP contribution in [0.25, 0.3) is 0 Å². The summed E-state index contributed by atoms with van der Waals surface area (Å²) in [5.74, 6) is 0.204. The summed E-state index contributed by atoms with van der Waals surface area (Å²) < 4.78 is 5.25. The van der Waals surface area contributed by atoms with Gasteiger partial charge in [-0.2, -0.15) is 0 Å². The monoisotopic (exact) mass is 277 g/mol. The molecule has 1 atom stereocenters. The van der Waals surface area contributed by atoms with Crippen molar-refractivity contribution in [2.75, 3.05) is 25.0 Å². The highest BCUT2D eigenvalue weighted by molar-refractivity contribution is 5.99. The van der Waals surface area contributed by atoms with Gasteiger partial charge in [-0.25, -0.2) is 0 Å². The van der Waals surface area contributed by atoms with Crippen molar-refractivity contribution < 1.29 is 14.3 Å². The Morgan fingerprint density at radius 2 is 2.30 bits per heavy atom. The van der Waals surface area contributed by atoms with Crippen molar-refractivity contribution in [3.05, 3.63) is 23.8 Å². The number of hydrogen-bond donors (Lipinski definition) is 3. The van der Waals surface area contributed by atoms with Gasteiger partial charge in [-0.15, -0.1) is 0 Å². The maximum atomic E-state index is 12.0. The predicted molar refractivity (Wildman–Crippen MR) is 76.0 cm³/mol. The van der Waals surface area contributed by atoms with E-state index in [2.05, 4.69) is 16.0 Å². The summed E-state index contributed by atoms with van der Waals surface area (Å²) in [5.41, 5.74) is 1.03. The zero-order valence-corrected chi connectivity index (χ0v) is 11.7. The lowest BCUT2D eigenvalue weighted by Gasteiger charge is -2.18. The highest BCUT2D eigenvalue weighted by atomic mass is 16.5. The third-order valence-electron chi connectivity index (χ3n) is 3.00. The number of nitrogens with one attached hydrogen (secondary N) is 3. The van der Waals surface area contributed by atoms with Gasteiger partial charge in [-0.05, 0) is 31.7 Å². The van der Waals surface area contributed by atoms with Crippen molar-refractivity contribution in [3.8, 4) is 5.75 Å². The van der Waals surface area contributed by atoms with Gasteiger partial charge in [0.1, 0.15) is 5.75 Å². The molecule has 1 aliphatic rings. The number of hydrogen-bond acceptors (Lipinski definition) is 4. The molecule has 0 aromatic heterocycles. The van der Waals surface area contributed by atoms with E-state index in [0.717, 1.165) is 6.54 Å². The van der Waals surface area contributed by atoms with Crippen molar-refractivity contribution in [3.63, 3.8) is 0 Å². The molecule has 0 saturated carbocycles. The highest BCUT2D eigenvalue weighted by Crippen LogP contribution is 2.28. The normalized spacial score (nSPS) is 14.8. The number of anilines is 1. The third kappa shape index (κ3) is 3.48. The van der Waals surface area contributed by atoms with Crippen molar-refractivity contribution >= 4 is 17.5 Å². The highest BCUT2D eigenvalue weighted by Gasteiger charge is 2.17. The lowest BCUT2D eigenvalue weighted by molar-refractivity contribution is -0.118. The minimum atomic E-state index is -0.212. The Bertz CT molecular complexity index is 516. The number of rotatable bonds is 5. The van der Waals surface area contributed by atoms with Crippen molar-refractivity contribution in [1.82, 2.24) is 10.6 Å². The van der Waals surface area contributed by atoms with Crippen LogP contribution in [0.15, 0.2) is 18.2 Å². The molecule has 1 heterocycles. The average molecular weight is 277 g/mol. The Kier molecular flexibility index (Phi) is 4.57. The molecule has 2 rings (SSSR count). The van der Waals surface area contributed by atoms with Gasteiger partial charge in [0.2, 0.25) is 0 Å². The van der Waals surface area contributed by atoms with E-state index in [9.17, 15) is 9.59 Å².